The van der Waals surface area contributed by atoms with Crippen molar-refractivity contribution >= 4 is 44.8 Å². The molecule has 0 unspecified atom stereocenters. The number of ether oxygens (including phenoxy) is 1. The van der Waals surface area contributed by atoms with Gasteiger partial charge in [-0.3, -0.25) is 4.79 Å². The summed E-state index contributed by atoms with van der Waals surface area (Å²) in [4.78, 5) is 12.0. The summed E-state index contributed by atoms with van der Waals surface area (Å²) in [6.45, 7) is -1.61. The summed E-state index contributed by atoms with van der Waals surface area (Å²) >= 11 is 11.6. The molecule has 0 saturated carbocycles. The van der Waals surface area contributed by atoms with Gasteiger partial charge in [0, 0.05) is 5.69 Å². The number of hydrogen-bond donors (Lipinski definition) is 2. The molecule has 0 aliphatic heterocycles. The highest BCUT2D eigenvalue weighted by Crippen LogP contribution is 2.25. The Bertz CT molecular complexity index is 925. The lowest BCUT2D eigenvalue weighted by molar-refractivity contribution is -0.117. The van der Waals surface area contributed by atoms with Gasteiger partial charge < -0.3 is 10.1 Å². The largest absolute Gasteiger partial charge is 0.435 e. The Hall–Kier alpha value is -1.94. The minimum atomic E-state index is -4.01. The van der Waals surface area contributed by atoms with Crippen molar-refractivity contribution in [1.29, 1.82) is 0 Å². The van der Waals surface area contributed by atoms with Gasteiger partial charge in [-0.15, -0.1) is 0 Å². The molecule has 0 bridgehead atoms. The van der Waals surface area contributed by atoms with Gasteiger partial charge in [0.15, 0.2) is 0 Å². The molecule has 146 valence electrons. The number of sulfonamides is 1. The van der Waals surface area contributed by atoms with Gasteiger partial charge in [-0.05, 0) is 49.4 Å². The Kier molecular flexibility index (Phi) is 6.99. The third-order valence-corrected chi connectivity index (χ3v) is 5.55. The zero-order chi connectivity index (χ0) is 20.2. The Balaban J connectivity index is 2.03. The second-order valence-electron chi connectivity index (χ2n) is 5.31. The first-order valence-corrected chi connectivity index (χ1v) is 9.65. The maximum absolute atomic E-state index is 12.3. The molecule has 11 heteroatoms. The molecule has 0 radical (unpaired) electrons. The van der Waals surface area contributed by atoms with Gasteiger partial charge in [0.25, 0.3) is 0 Å². The molecule has 2 N–H and O–H groups in total. The molecule has 0 fully saturated rings. The number of anilines is 1. The van der Waals surface area contributed by atoms with E-state index in [0.29, 0.717) is 0 Å². The number of rotatable bonds is 7. The number of benzene rings is 2. The third-order valence-electron chi connectivity index (χ3n) is 3.27. The SMILES string of the molecule is C[C@@H](NS(=O)(=O)c1ccc(Cl)c(Cl)c1)C(=O)Nc1ccc(OC(F)F)cc1. The Morgan fingerprint density at radius 2 is 1.70 bits per heavy atom. The van der Waals surface area contributed by atoms with Crippen LogP contribution in [0.4, 0.5) is 14.5 Å². The lowest BCUT2D eigenvalue weighted by Crippen LogP contribution is -2.41. The van der Waals surface area contributed by atoms with Crippen LogP contribution in [-0.4, -0.2) is 27.0 Å². The van der Waals surface area contributed by atoms with Crippen LogP contribution in [0.2, 0.25) is 10.0 Å². The average molecular weight is 439 g/mol. The van der Waals surface area contributed by atoms with Gasteiger partial charge in [-0.25, -0.2) is 8.42 Å². The Morgan fingerprint density at radius 1 is 1.07 bits per heavy atom. The summed E-state index contributed by atoms with van der Waals surface area (Å²) in [5.74, 6) is -0.725. The fourth-order valence-corrected chi connectivity index (χ4v) is 3.56. The molecule has 27 heavy (non-hydrogen) atoms. The van der Waals surface area contributed by atoms with Crippen molar-refractivity contribution in [1.82, 2.24) is 4.72 Å². The highest BCUT2D eigenvalue weighted by molar-refractivity contribution is 7.89. The molecule has 0 heterocycles. The average Bonchev–Trinajstić information content (AvgIpc) is 2.58. The van der Waals surface area contributed by atoms with E-state index < -0.39 is 28.6 Å². The zero-order valence-electron chi connectivity index (χ0n) is 13.7. The fourth-order valence-electron chi connectivity index (χ4n) is 1.97. The number of nitrogens with one attached hydrogen (secondary N) is 2. The van der Waals surface area contributed by atoms with E-state index in [1.54, 1.807) is 0 Å². The van der Waals surface area contributed by atoms with E-state index in [4.69, 9.17) is 23.2 Å². The van der Waals surface area contributed by atoms with Crippen molar-refractivity contribution in [3.8, 4) is 5.75 Å². The Morgan fingerprint density at radius 3 is 2.26 bits per heavy atom. The molecule has 2 aromatic rings. The van der Waals surface area contributed by atoms with Gasteiger partial charge in [0.05, 0.1) is 21.0 Å². The summed E-state index contributed by atoms with van der Waals surface area (Å²) < 4.78 is 55.3. The van der Waals surface area contributed by atoms with E-state index >= 15 is 0 Å². The minimum Gasteiger partial charge on any atom is -0.435 e. The van der Waals surface area contributed by atoms with Gasteiger partial charge >= 0.3 is 6.61 Å². The standard InChI is InChI=1S/C16H14Cl2F2N2O4S/c1-9(22-27(24,25)12-6-7-13(17)14(18)8-12)15(23)21-10-2-4-11(5-3-10)26-16(19)20/h2-9,16,22H,1H3,(H,21,23)/t9-/m1/s1. The predicted molar refractivity (Wildman–Crippen MR) is 97.9 cm³/mol. The molecule has 6 nitrogen and oxygen atoms in total. The van der Waals surface area contributed by atoms with Gasteiger partial charge in [0.1, 0.15) is 5.75 Å². The van der Waals surface area contributed by atoms with Crippen LogP contribution >= 0.6 is 23.2 Å². The number of carbonyl (C=O) groups is 1. The van der Waals surface area contributed by atoms with E-state index in [1.807, 2.05) is 0 Å². The van der Waals surface area contributed by atoms with E-state index in [9.17, 15) is 22.0 Å². The van der Waals surface area contributed by atoms with E-state index in [2.05, 4.69) is 14.8 Å². The maximum atomic E-state index is 12.3. The quantitative estimate of drug-likeness (QED) is 0.686. The lowest BCUT2D eigenvalue weighted by Gasteiger charge is -2.15. The van der Waals surface area contributed by atoms with E-state index in [-0.39, 0.29) is 26.4 Å². The molecule has 0 aliphatic rings. The van der Waals surface area contributed by atoms with E-state index in [0.717, 1.165) is 0 Å². The molecular formula is C16H14Cl2F2N2O4S. The van der Waals surface area contributed by atoms with Crippen molar-refractivity contribution in [2.75, 3.05) is 5.32 Å². The normalized spacial score (nSPS) is 12.7. The first-order valence-electron chi connectivity index (χ1n) is 7.41. The number of alkyl halides is 2. The summed E-state index contributed by atoms with van der Waals surface area (Å²) in [7, 11) is -4.01. The number of halogens is 4. The topological polar surface area (TPSA) is 84.5 Å². The zero-order valence-corrected chi connectivity index (χ0v) is 16.1. The molecule has 2 rings (SSSR count). The van der Waals surface area contributed by atoms with Crippen molar-refractivity contribution in [3.05, 3.63) is 52.5 Å². The van der Waals surface area contributed by atoms with Gasteiger partial charge in [-0.1, -0.05) is 23.2 Å². The first kappa shape index (κ1) is 21.4. The van der Waals surface area contributed by atoms with Crippen molar-refractivity contribution < 1.29 is 26.7 Å². The molecule has 1 amide bonds. The van der Waals surface area contributed by atoms with Crippen molar-refractivity contribution in [2.45, 2.75) is 24.5 Å². The van der Waals surface area contributed by atoms with Crippen LogP contribution in [0.5, 0.6) is 5.75 Å². The summed E-state index contributed by atoms with van der Waals surface area (Å²) in [6, 6.07) is 7.79. The molecule has 0 saturated heterocycles. The van der Waals surface area contributed by atoms with Crippen LogP contribution in [0.15, 0.2) is 47.4 Å². The monoisotopic (exact) mass is 438 g/mol. The smallest absolute Gasteiger partial charge is 0.387 e. The van der Waals surface area contributed by atoms with Crippen molar-refractivity contribution in [2.24, 2.45) is 0 Å². The third kappa shape index (κ3) is 6.03. The number of hydrogen-bond acceptors (Lipinski definition) is 4. The van der Waals surface area contributed by atoms with E-state index in [1.165, 1.54) is 49.4 Å². The summed E-state index contributed by atoms with van der Waals surface area (Å²) in [6.07, 6.45) is 0. The van der Waals surface area contributed by atoms with Crippen LogP contribution in [0.25, 0.3) is 0 Å². The molecule has 0 spiro atoms. The molecule has 0 aromatic heterocycles. The summed E-state index contributed by atoms with van der Waals surface area (Å²) in [5.41, 5.74) is 0.280. The highest BCUT2D eigenvalue weighted by atomic mass is 35.5. The van der Waals surface area contributed by atoms with Gasteiger partial charge in [0.2, 0.25) is 15.9 Å². The minimum absolute atomic E-state index is 0.0581. The first-order chi connectivity index (χ1) is 12.6. The molecule has 0 aliphatic carbocycles. The van der Waals surface area contributed by atoms with Crippen LogP contribution < -0.4 is 14.8 Å². The second kappa shape index (κ2) is 8.83. The second-order valence-corrected chi connectivity index (χ2v) is 7.84. The maximum Gasteiger partial charge on any atom is 0.387 e. The lowest BCUT2D eigenvalue weighted by atomic mass is 10.2. The van der Waals surface area contributed by atoms with Gasteiger partial charge in [-0.2, -0.15) is 13.5 Å². The van der Waals surface area contributed by atoms with Crippen LogP contribution in [0.1, 0.15) is 6.92 Å². The predicted octanol–water partition coefficient (Wildman–Crippen LogP) is 3.90. The van der Waals surface area contributed by atoms with Crippen LogP contribution in [0, 0.1) is 0 Å². The number of amides is 1. The van der Waals surface area contributed by atoms with Crippen LogP contribution in [-0.2, 0) is 14.8 Å². The Labute approximate surface area is 164 Å². The number of carbonyl (C=O) groups excluding carboxylic acids is 1. The van der Waals surface area contributed by atoms with Crippen LogP contribution in [0.3, 0.4) is 0 Å². The van der Waals surface area contributed by atoms with Crippen molar-refractivity contribution in [3.63, 3.8) is 0 Å². The molecular weight excluding hydrogens is 425 g/mol. The molecule has 2 aromatic carbocycles. The fraction of sp³-hybridized carbons (Fsp3) is 0.188. The summed E-state index contributed by atoms with van der Waals surface area (Å²) in [5, 5.41) is 2.71. The highest BCUT2D eigenvalue weighted by Gasteiger charge is 2.23. The molecule has 1 atom stereocenters.